The fourth-order valence-corrected chi connectivity index (χ4v) is 0.557. The van der Waals surface area contributed by atoms with E-state index in [4.69, 9.17) is 5.11 Å². The zero-order chi connectivity index (χ0) is 9.78. The standard InChI is InChI=1S/C8H15NO3/c1-4-5-9-6(10)8(2,3)7(11)12/h4-5H2,1-3H3,(H,9,10)(H,11,12). The number of carbonyl (C=O) groups excluding carboxylic acids is 1. The van der Waals surface area contributed by atoms with Crippen LogP contribution in [0.4, 0.5) is 0 Å². The molecular formula is C8H15NO3. The Hall–Kier alpha value is -1.06. The number of hydrogen-bond acceptors (Lipinski definition) is 2. The van der Waals surface area contributed by atoms with Gasteiger partial charge in [0.1, 0.15) is 5.41 Å². The van der Waals surface area contributed by atoms with Crippen LogP contribution in [0.5, 0.6) is 0 Å². The van der Waals surface area contributed by atoms with Crippen LogP contribution in [0.15, 0.2) is 0 Å². The summed E-state index contributed by atoms with van der Waals surface area (Å²) in [4.78, 5) is 21.7. The first-order valence-corrected chi connectivity index (χ1v) is 3.94. The summed E-state index contributed by atoms with van der Waals surface area (Å²) in [5.74, 6) is -1.53. The maximum absolute atomic E-state index is 11.2. The van der Waals surface area contributed by atoms with Gasteiger partial charge in [-0.05, 0) is 20.3 Å². The number of carboxylic acids is 1. The Bertz CT molecular complexity index is 187. The number of carboxylic acid groups (broad SMARTS) is 1. The fraction of sp³-hybridized carbons (Fsp3) is 0.750. The van der Waals surface area contributed by atoms with Gasteiger partial charge in [-0.2, -0.15) is 0 Å². The van der Waals surface area contributed by atoms with Gasteiger partial charge in [-0.3, -0.25) is 9.59 Å². The van der Waals surface area contributed by atoms with E-state index < -0.39 is 17.3 Å². The molecule has 0 spiro atoms. The van der Waals surface area contributed by atoms with Gasteiger partial charge >= 0.3 is 5.97 Å². The minimum absolute atomic E-state index is 0.433. The molecule has 0 atom stereocenters. The van der Waals surface area contributed by atoms with E-state index in [0.29, 0.717) is 6.54 Å². The highest BCUT2D eigenvalue weighted by Gasteiger charge is 2.35. The van der Waals surface area contributed by atoms with E-state index in [2.05, 4.69) is 5.32 Å². The Morgan fingerprint density at radius 3 is 2.25 bits per heavy atom. The van der Waals surface area contributed by atoms with Crippen molar-refractivity contribution >= 4 is 11.9 Å². The second-order valence-electron chi connectivity index (χ2n) is 3.19. The molecule has 0 bridgehead atoms. The van der Waals surface area contributed by atoms with Crippen molar-refractivity contribution in [1.29, 1.82) is 0 Å². The summed E-state index contributed by atoms with van der Waals surface area (Å²) in [5, 5.41) is 11.2. The van der Waals surface area contributed by atoms with Gasteiger partial charge in [-0.25, -0.2) is 0 Å². The Balaban J connectivity index is 4.16. The molecular weight excluding hydrogens is 158 g/mol. The molecule has 0 saturated carbocycles. The summed E-state index contributed by atoms with van der Waals surface area (Å²) < 4.78 is 0. The summed E-state index contributed by atoms with van der Waals surface area (Å²) >= 11 is 0. The number of aliphatic carboxylic acids is 1. The number of carbonyl (C=O) groups is 2. The third-order valence-corrected chi connectivity index (χ3v) is 1.64. The molecule has 0 rings (SSSR count). The average Bonchev–Trinajstić information content (AvgIpc) is 1.99. The molecule has 0 radical (unpaired) electrons. The molecule has 0 saturated heterocycles. The van der Waals surface area contributed by atoms with Crippen LogP contribution in [-0.2, 0) is 9.59 Å². The Morgan fingerprint density at radius 2 is 1.92 bits per heavy atom. The monoisotopic (exact) mass is 173 g/mol. The molecule has 1 amide bonds. The molecule has 12 heavy (non-hydrogen) atoms. The SMILES string of the molecule is CCCNC(=O)C(C)(C)C(=O)O. The normalized spacial score (nSPS) is 10.9. The van der Waals surface area contributed by atoms with Gasteiger partial charge in [0.2, 0.25) is 5.91 Å². The fourth-order valence-electron chi connectivity index (χ4n) is 0.557. The van der Waals surface area contributed by atoms with Crippen LogP contribution >= 0.6 is 0 Å². The van der Waals surface area contributed by atoms with Gasteiger partial charge in [0, 0.05) is 6.54 Å². The quantitative estimate of drug-likeness (QED) is 0.612. The largest absolute Gasteiger partial charge is 0.480 e. The number of hydrogen-bond donors (Lipinski definition) is 2. The second kappa shape index (κ2) is 4.09. The van der Waals surface area contributed by atoms with Crippen molar-refractivity contribution in [3.05, 3.63) is 0 Å². The van der Waals surface area contributed by atoms with Crippen molar-refractivity contribution < 1.29 is 14.7 Å². The summed E-state index contributed by atoms with van der Waals surface area (Å²) in [5.41, 5.74) is -1.32. The molecule has 0 aromatic carbocycles. The molecule has 0 aliphatic heterocycles. The first kappa shape index (κ1) is 10.9. The Kier molecular flexibility index (Phi) is 3.73. The molecule has 4 heteroatoms. The van der Waals surface area contributed by atoms with Crippen LogP contribution in [0.2, 0.25) is 0 Å². The smallest absolute Gasteiger partial charge is 0.318 e. The van der Waals surface area contributed by atoms with E-state index >= 15 is 0 Å². The van der Waals surface area contributed by atoms with Crippen molar-refractivity contribution in [1.82, 2.24) is 5.32 Å². The molecule has 0 heterocycles. The third-order valence-electron chi connectivity index (χ3n) is 1.64. The molecule has 0 aliphatic rings. The van der Waals surface area contributed by atoms with Crippen LogP contribution in [0.25, 0.3) is 0 Å². The number of nitrogens with one attached hydrogen (secondary N) is 1. The van der Waals surface area contributed by atoms with Crippen LogP contribution < -0.4 is 5.32 Å². The number of rotatable bonds is 4. The topological polar surface area (TPSA) is 66.4 Å². The lowest BCUT2D eigenvalue weighted by Gasteiger charge is -2.17. The van der Waals surface area contributed by atoms with Crippen molar-refractivity contribution in [2.75, 3.05) is 6.54 Å². The van der Waals surface area contributed by atoms with Crippen molar-refractivity contribution in [3.63, 3.8) is 0 Å². The van der Waals surface area contributed by atoms with E-state index in [1.807, 2.05) is 6.92 Å². The molecule has 0 unspecified atom stereocenters. The van der Waals surface area contributed by atoms with E-state index in [9.17, 15) is 9.59 Å². The predicted molar refractivity (Wildman–Crippen MR) is 44.7 cm³/mol. The molecule has 0 aromatic heterocycles. The maximum Gasteiger partial charge on any atom is 0.318 e. The minimum Gasteiger partial charge on any atom is -0.480 e. The second-order valence-corrected chi connectivity index (χ2v) is 3.19. The van der Waals surface area contributed by atoms with E-state index in [-0.39, 0.29) is 0 Å². The van der Waals surface area contributed by atoms with Crippen LogP contribution in [0.3, 0.4) is 0 Å². The van der Waals surface area contributed by atoms with Gasteiger partial charge in [-0.1, -0.05) is 6.92 Å². The Labute approximate surface area is 72.0 Å². The molecule has 4 nitrogen and oxygen atoms in total. The zero-order valence-corrected chi connectivity index (χ0v) is 7.68. The first-order chi connectivity index (χ1) is 5.42. The van der Waals surface area contributed by atoms with Crippen LogP contribution in [0, 0.1) is 5.41 Å². The summed E-state index contributed by atoms with van der Waals surface area (Å²) in [6.07, 6.45) is 0.807. The van der Waals surface area contributed by atoms with E-state index in [1.54, 1.807) is 0 Å². The molecule has 2 N–H and O–H groups in total. The molecule has 70 valence electrons. The lowest BCUT2D eigenvalue weighted by molar-refractivity contribution is -0.153. The molecule has 0 aliphatic carbocycles. The van der Waals surface area contributed by atoms with E-state index in [0.717, 1.165) is 6.42 Å². The lowest BCUT2D eigenvalue weighted by atomic mass is 9.93. The third kappa shape index (κ3) is 2.53. The highest BCUT2D eigenvalue weighted by molar-refractivity contribution is 6.00. The number of amides is 1. The Morgan fingerprint density at radius 1 is 1.42 bits per heavy atom. The lowest BCUT2D eigenvalue weighted by Crippen LogP contribution is -2.42. The zero-order valence-electron chi connectivity index (χ0n) is 7.68. The van der Waals surface area contributed by atoms with Gasteiger partial charge < -0.3 is 10.4 Å². The molecule has 0 aromatic rings. The van der Waals surface area contributed by atoms with Gasteiger partial charge in [-0.15, -0.1) is 0 Å². The van der Waals surface area contributed by atoms with Crippen LogP contribution in [-0.4, -0.2) is 23.5 Å². The van der Waals surface area contributed by atoms with Crippen molar-refractivity contribution in [2.45, 2.75) is 27.2 Å². The van der Waals surface area contributed by atoms with Crippen LogP contribution in [0.1, 0.15) is 27.2 Å². The summed E-state index contributed by atoms with van der Waals surface area (Å²) in [7, 11) is 0. The van der Waals surface area contributed by atoms with Gasteiger partial charge in [0.05, 0.1) is 0 Å². The van der Waals surface area contributed by atoms with Crippen molar-refractivity contribution in [2.24, 2.45) is 5.41 Å². The highest BCUT2D eigenvalue weighted by Crippen LogP contribution is 2.14. The predicted octanol–water partition coefficient (Wildman–Crippen LogP) is 0.623. The summed E-state index contributed by atoms with van der Waals surface area (Å²) in [6.45, 7) is 5.21. The van der Waals surface area contributed by atoms with Gasteiger partial charge in [0.15, 0.2) is 0 Å². The average molecular weight is 173 g/mol. The van der Waals surface area contributed by atoms with Gasteiger partial charge in [0.25, 0.3) is 0 Å². The minimum atomic E-state index is -1.32. The first-order valence-electron chi connectivity index (χ1n) is 3.94. The van der Waals surface area contributed by atoms with Crippen molar-refractivity contribution in [3.8, 4) is 0 Å². The highest BCUT2D eigenvalue weighted by atomic mass is 16.4. The summed E-state index contributed by atoms with van der Waals surface area (Å²) in [6, 6.07) is 0. The van der Waals surface area contributed by atoms with E-state index in [1.165, 1.54) is 13.8 Å². The molecule has 0 fully saturated rings. The maximum atomic E-state index is 11.2.